The van der Waals surface area contributed by atoms with Crippen LogP contribution in [0.5, 0.6) is 5.75 Å². The number of nitrogens with zero attached hydrogens (tertiary/aromatic N) is 2. The number of ether oxygens (including phenoxy) is 1. The third-order valence-corrected chi connectivity index (χ3v) is 7.72. The van der Waals surface area contributed by atoms with E-state index in [1.165, 1.54) is 22.5 Å². The number of piperidine rings is 1. The van der Waals surface area contributed by atoms with Crippen LogP contribution in [0.2, 0.25) is 5.02 Å². The van der Waals surface area contributed by atoms with Gasteiger partial charge < -0.3 is 9.64 Å². The van der Waals surface area contributed by atoms with Crippen molar-refractivity contribution in [1.29, 1.82) is 0 Å². The highest BCUT2D eigenvalue weighted by molar-refractivity contribution is 7.88. The zero-order chi connectivity index (χ0) is 22.6. The molecule has 0 aliphatic carbocycles. The van der Waals surface area contributed by atoms with E-state index in [1.54, 1.807) is 19.1 Å². The summed E-state index contributed by atoms with van der Waals surface area (Å²) in [6.07, 6.45) is 0.832. The van der Waals surface area contributed by atoms with Crippen LogP contribution in [-0.2, 0) is 27.1 Å². The van der Waals surface area contributed by atoms with Crippen LogP contribution < -0.4 is 4.74 Å². The number of hydrogen-bond donors (Lipinski definition) is 0. The van der Waals surface area contributed by atoms with Gasteiger partial charge in [-0.2, -0.15) is 0 Å². The molecule has 3 rings (SSSR count). The zero-order valence-electron chi connectivity index (χ0n) is 17.6. The van der Waals surface area contributed by atoms with Crippen molar-refractivity contribution in [2.45, 2.75) is 25.1 Å². The maximum absolute atomic E-state index is 14.0. The standard InChI is InChI=1S/C22H26ClFN2O4S/c1-25(14-17-6-3-4-9-21(17)30-2)22(27)16-10-12-26(13-11-16)31(28,29)15-18-19(23)7-5-8-20(18)24/h3-9,16H,10-15H2,1-2H3. The fourth-order valence-corrected chi connectivity index (χ4v) is 5.72. The first-order valence-electron chi connectivity index (χ1n) is 10.0. The second-order valence-electron chi connectivity index (χ2n) is 7.64. The summed E-state index contributed by atoms with van der Waals surface area (Å²) in [6, 6.07) is 11.6. The molecule has 2 aromatic carbocycles. The first kappa shape index (κ1) is 23.5. The van der Waals surface area contributed by atoms with Crippen LogP contribution in [-0.4, -0.2) is 50.8 Å². The van der Waals surface area contributed by atoms with Crippen molar-refractivity contribution >= 4 is 27.5 Å². The topological polar surface area (TPSA) is 66.9 Å². The second kappa shape index (κ2) is 9.97. The van der Waals surface area contributed by atoms with Gasteiger partial charge in [-0.25, -0.2) is 17.1 Å². The minimum absolute atomic E-state index is 0.0277. The van der Waals surface area contributed by atoms with E-state index >= 15 is 0 Å². The molecule has 9 heteroatoms. The number of methoxy groups -OCH3 is 1. The molecule has 1 fully saturated rings. The Morgan fingerprint density at radius 2 is 1.87 bits per heavy atom. The predicted molar refractivity (Wildman–Crippen MR) is 118 cm³/mol. The van der Waals surface area contributed by atoms with E-state index in [2.05, 4.69) is 0 Å². The van der Waals surface area contributed by atoms with Gasteiger partial charge in [0.2, 0.25) is 15.9 Å². The van der Waals surface area contributed by atoms with E-state index in [0.29, 0.717) is 19.4 Å². The fraction of sp³-hybridized carbons (Fsp3) is 0.409. The Balaban J connectivity index is 1.60. The summed E-state index contributed by atoms with van der Waals surface area (Å²) >= 11 is 5.98. The highest BCUT2D eigenvalue weighted by Crippen LogP contribution is 2.27. The van der Waals surface area contributed by atoms with E-state index < -0.39 is 21.6 Å². The first-order valence-corrected chi connectivity index (χ1v) is 12.0. The maximum Gasteiger partial charge on any atom is 0.225 e. The summed E-state index contributed by atoms with van der Waals surface area (Å²) in [5.74, 6) is -0.706. The average Bonchev–Trinajstić information content (AvgIpc) is 2.76. The molecule has 1 amide bonds. The monoisotopic (exact) mass is 468 g/mol. The van der Waals surface area contributed by atoms with Crippen molar-refractivity contribution in [3.05, 3.63) is 64.4 Å². The minimum Gasteiger partial charge on any atom is -0.496 e. The molecule has 168 valence electrons. The largest absolute Gasteiger partial charge is 0.496 e. The third kappa shape index (κ3) is 5.56. The van der Waals surface area contributed by atoms with Gasteiger partial charge in [0, 0.05) is 48.7 Å². The Bertz CT molecular complexity index is 1020. The van der Waals surface area contributed by atoms with Crippen LogP contribution >= 0.6 is 11.6 Å². The van der Waals surface area contributed by atoms with Crippen LogP contribution in [0.4, 0.5) is 4.39 Å². The van der Waals surface area contributed by atoms with E-state index in [-0.39, 0.29) is 35.5 Å². The van der Waals surface area contributed by atoms with Gasteiger partial charge in [0.25, 0.3) is 0 Å². The number of hydrogen-bond acceptors (Lipinski definition) is 4. The maximum atomic E-state index is 14.0. The summed E-state index contributed by atoms with van der Waals surface area (Å²) < 4.78 is 46.2. The average molecular weight is 469 g/mol. The number of amides is 1. The lowest BCUT2D eigenvalue weighted by molar-refractivity contribution is -0.135. The van der Waals surface area contributed by atoms with Gasteiger partial charge in [-0.1, -0.05) is 35.9 Å². The molecule has 0 atom stereocenters. The van der Waals surface area contributed by atoms with Gasteiger partial charge in [0.15, 0.2) is 0 Å². The van der Waals surface area contributed by atoms with Crippen molar-refractivity contribution in [1.82, 2.24) is 9.21 Å². The highest BCUT2D eigenvalue weighted by atomic mass is 35.5. The van der Waals surface area contributed by atoms with E-state index in [1.807, 2.05) is 24.3 Å². The van der Waals surface area contributed by atoms with E-state index in [4.69, 9.17) is 16.3 Å². The number of benzene rings is 2. The molecule has 0 spiro atoms. The van der Waals surface area contributed by atoms with Crippen LogP contribution in [0.3, 0.4) is 0 Å². The van der Waals surface area contributed by atoms with Crippen LogP contribution in [0.1, 0.15) is 24.0 Å². The summed E-state index contributed by atoms with van der Waals surface area (Å²) in [6.45, 7) is 0.841. The Kier molecular flexibility index (Phi) is 7.56. The summed E-state index contributed by atoms with van der Waals surface area (Å²) in [5, 5.41) is 0.0894. The second-order valence-corrected chi connectivity index (χ2v) is 10.0. The van der Waals surface area contributed by atoms with Gasteiger partial charge in [0.05, 0.1) is 12.9 Å². The number of halogens is 2. The van der Waals surface area contributed by atoms with Crippen LogP contribution in [0, 0.1) is 11.7 Å². The van der Waals surface area contributed by atoms with Gasteiger partial charge in [-0.15, -0.1) is 0 Å². The molecule has 0 radical (unpaired) electrons. The molecule has 31 heavy (non-hydrogen) atoms. The molecular formula is C22H26ClFN2O4S. The summed E-state index contributed by atoms with van der Waals surface area (Å²) in [7, 11) is -0.418. The van der Waals surface area contributed by atoms with Crippen molar-refractivity contribution in [2.24, 2.45) is 5.92 Å². The molecule has 2 aromatic rings. The van der Waals surface area contributed by atoms with Crippen molar-refractivity contribution in [3.8, 4) is 5.75 Å². The SMILES string of the molecule is COc1ccccc1CN(C)C(=O)C1CCN(S(=O)(=O)Cc2c(F)cccc2Cl)CC1. The normalized spacial score (nSPS) is 15.6. The van der Waals surface area contributed by atoms with Gasteiger partial charge >= 0.3 is 0 Å². The molecule has 1 saturated heterocycles. The van der Waals surface area contributed by atoms with Crippen LogP contribution in [0.25, 0.3) is 0 Å². The molecule has 0 aromatic heterocycles. The lowest BCUT2D eigenvalue weighted by Crippen LogP contribution is -2.43. The zero-order valence-corrected chi connectivity index (χ0v) is 19.1. The summed E-state index contributed by atoms with van der Waals surface area (Å²) in [5.41, 5.74) is 0.876. The van der Waals surface area contributed by atoms with Gasteiger partial charge in [-0.3, -0.25) is 4.79 Å². The molecule has 1 heterocycles. The van der Waals surface area contributed by atoms with E-state index in [0.717, 1.165) is 11.3 Å². The van der Waals surface area contributed by atoms with E-state index in [9.17, 15) is 17.6 Å². The molecule has 0 unspecified atom stereocenters. The van der Waals surface area contributed by atoms with Crippen LogP contribution in [0.15, 0.2) is 42.5 Å². The fourth-order valence-electron chi connectivity index (χ4n) is 3.80. The van der Waals surface area contributed by atoms with Crippen molar-refractivity contribution < 1.29 is 22.3 Å². The number of carbonyl (C=O) groups is 1. The Morgan fingerprint density at radius 3 is 2.52 bits per heavy atom. The molecule has 1 aliphatic rings. The number of sulfonamides is 1. The summed E-state index contributed by atoms with van der Waals surface area (Å²) in [4.78, 5) is 14.5. The molecule has 0 bridgehead atoms. The first-order chi connectivity index (χ1) is 14.7. The lowest BCUT2D eigenvalue weighted by atomic mass is 9.96. The quantitative estimate of drug-likeness (QED) is 0.621. The molecular weight excluding hydrogens is 443 g/mol. The lowest BCUT2D eigenvalue weighted by Gasteiger charge is -2.32. The Labute approximate surface area is 187 Å². The Hall–Kier alpha value is -2.16. The minimum atomic E-state index is -3.74. The molecule has 0 saturated carbocycles. The van der Waals surface area contributed by atoms with Gasteiger partial charge in [0.1, 0.15) is 11.6 Å². The number of rotatable bonds is 7. The molecule has 0 N–H and O–H groups in total. The highest BCUT2D eigenvalue weighted by Gasteiger charge is 2.33. The third-order valence-electron chi connectivity index (χ3n) is 5.56. The van der Waals surface area contributed by atoms with Crippen molar-refractivity contribution in [2.75, 3.05) is 27.2 Å². The number of carbonyl (C=O) groups excluding carboxylic acids is 1. The van der Waals surface area contributed by atoms with Gasteiger partial charge in [-0.05, 0) is 31.0 Å². The predicted octanol–water partition coefficient (Wildman–Crippen LogP) is 3.69. The van der Waals surface area contributed by atoms with Crippen molar-refractivity contribution in [3.63, 3.8) is 0 Å². The number of para-hydroxylation sites is 1. The molecule has 6 nitrogen and oxygen atoms in total. The Morgan fingerprint density at radius 1 is 1.19 bits per heavy atom. The molecule has 1 aliphatic heterocycles. The smallest absolute Gasteiger partial charge is 0.225 e.